The van der Waals surface area contributed by atoms with Gasteiger partial charge in [0.2, 0.25) is 0 Å². The SMILES string of the molecule is CCOCC(C)NC(=S)NN. The summed E-state index contributed by atoms with van der Waals surface area (Å²) in [5, 5.41) is 3.38. The van der Waals surface area contributed by atoms with Crippen molar-refractivity contribution < 1.29 is 4.74 Å². The van der Waals surface area contributed by atoms with Gasteiger partial charge in [-0.2, -0.15) is 0 Å². The summed E-state index contributed by atoms with van der Waals surface area (Å²) in [4.78, 5) is 0. The van der Waals surface area contributed by atoms with Crippen LogP contribution in [-0.2, 0) is 4.74 Å². The first-order chi connectivity index (χ1) is 5.20. The Morgan fingerprint density at radius 1 is 1.73 bits per heavy atom. The molecule has 0 aliphatic rings. The molecule has 5 heteroatoms. The van der Waals surface area contributed by atoms with Crippen molar-refractivity contribution in [2.75, 3.05) is 13.2 Å². The number of hydrogen-bond donors (Lipinski definition) is 3. The lowest BCUT2D eigenvalue weighted by Gasteiger charge is -2.14. The standard InChI is InChI=1S/C6H15N3OS/c1-3-10-4-5(2)8-6(11)9-7/h5H,3-4,7H2,1-2H3,(H2,8,9,11). The van der Waals surface area contributed by atoms with Gasteiger partial charge in [0.15, 0.2) is 5.11 Å². The minimum absolute atomic E-state index is 0.193. The monoisotopic (exact) mass is 177 g/mol. The number of hydrogen-bond acceptors (Lipinski definition) is 3. The van der Waals surface area contributed by atoms with E-state index in [-0.39, 0.29) is 6.04 Å². The molecular weight excluding hydrogens is 162 g/mol. The number of hydrazine groups is 1. The third-order valence-electron chi connectivity index (χ3n) is 1.08. The highest BCUT2D eigenvalue weighted by atomic mass is 32.1. The highest BCUT2D eigenvalue weighted by Crippen LogP contribution is 1.83. The van der Waals surface area contributed by atoms with Gasteiger partial charge in [0.1, 0.15) is 0 Å². The van der Waals surface area contributed by atoms with Crippen molar-refractivity contribution in [1.82, 2.24) is 10.7 Å². The Labute approximate surface area is 72.4 Å². The van der Waals surface area contributed by atoms with Crippen molar-refractivity contribution in [3.05, 3.63) is 0 Å². The quantitative estimate of drug-likeness (QED) is 0.314. The van der Waals surface area contributed by atoms with E-state index in [1.807, 2.05) is 13.8 Å². The summed E-state index contributed by atoms with van der Waals surface area (Å²) in [5.41, 5.74) is 2.34. The zero-order chi connectivity index (χ0) is 8.69. The van der Waals surface area contributed by atoms with Crippen LogP contribution >= 0.6 is 12.2 Å². The van der Waals surface area contributed by atoms with Gasteiger partial charge in [-0.25, -0.2) is 5.84 Å². The van der Waals surface area contributed by atoms with E-state index >= 15 is 0 Å². The van der Waals surface area contributed by atoms with Crippen molar-refractivity contribution >= 4 is 17.3 Å². The number of ether oxygens (including phenoxy) is 1. The van der Waals surface area contributed by atoms with Crippen LogP contribution in [0, 0.1) is 0 Å². The summed E-state index contributed by atoms with van der Waals surface area (Å²) in [5.74, 6) is 5.05. The predicted octanol–water partition coefficient (Wildman–Crippen LogP) is -0.251. The second-order valence-electron chi connectivity index (χ2n) is 2.18. The van der Waals surface area contributed by atoms with E-state index in [0.29, 0.717) is 11.7 Å². The highest BCUT2D eigenvalue weighted by Gasteiger charge is 2.01. The van der Waals surface area contributed by atoms with Crippen molar-refractivity contribution in [3.63, 3.8) is 0 Å². The molecule has 0 aliphatic heterocycles. The molecule has 1 unspecified atom stereocenters. The molecule has 66 valence electrons. The molecule has 0 spiro atoms. The summed E-state index contributed by atoms with van der Waals surface area (Å²) in [6.07, 6.45) is 0. The Bertz CT molecular complexity index is 120. The zero-order valence-corrected chi connectivity index (χ0v) is 7.70. The molecule has 0 aromatic carbocycles. The lowest BCUT2D eigenvalue weighted by atomic mass is 10.4. The normalized spacial score (nSPS) is 12.3. The predicted molar refractivity (Wildman–Crippen MR) is 49.0 cm³/mol. The Kier molecular flexibility index (Phi) is 6.10. The summed E-state index contributed by atoms with van der Waals surface area (Å²) in [6.45, 7) is 5.28. The molecule has 0 radical (unpaired) electrons. The number of nitrogens with two attached hydrogens (primary N) is 1. The van der Waals surface area contributed by atoms with Crippen LogP contribution < -0.4 is 16.6 Å². The molecule has 0 fully saturated rings. The fourth-order valence-electron chi connectivity index (χ4n) is 0.602. The Morgan fingerprint density at radius 2 is 2.36 bits per heavy atom. The van der Waals surface area contributed by atoms with Crippen LogP contribution in [0.4, 0.5) is 0 Å². The molecule has 0 aromatic rings. The average molecular weight is 177 g/mol. The smallest absolute Gasteiger partial charge is 0.180 e. The topological polar surface area (TPSA) is 59.3 Å². The third kappa shape index (κ3) is 6.03. The summed E-state index contributed by atoms with van der Waals surface area (Å²) >= 11 is 4.78. The number of nitrogens with one attached hydrogen (secondary N) is 2. The molecular formula is C6H15N3OS. The van der Waals surface area contributed by atoms with Crippen molar-refractivity contribution in [1.29, 1.82) is 0 Å². The molecule has 0 heterocycles. The van der Waals surface area contributed by atoms with Gasteiger partial charge in [0.25, 0.3) is 0 Å². The van der Waals surface area contributed by atoms with Crippen LogP contribution in [-0.4, -0.2) is 24.4 Å². The fourth-order valence-corrected chi connectivity index (χ4v) is 0.803. The van der Waals surface area contributed by atoms with Crippen molar-refractivity contribution in [2.45, 2.75) is 19.9 Å². The molecule has 0 saturated carbocycles. The highest BCUT2D eigenvalue weighted by molar-refractivity contribution is 7.80. The minimum atomic E-state index is 0.193. The lowest BCUT2D eigenvalue weighted by Crippen LogP contribution is -2.45. The summed E-state index contributed by atoms with van der Waals surface area (Å²) in [7, 11) is 0. The molecule has 0 amide bonds. The Balaban J connectivity index is 3.35. The molecule has 0 aliphatic carbocycles. The first kappa shape index (κ1) is 10.6. The van der Waals surface area contributed by atoms with Gasteiger partial charge in [-0.15, -0.1) is 0 Å². The second kappa shape index (κ2) is 6.33. The average Bonchev–Trinajstić information content (AvgIpc) is 2.00. The van der Waals surface area contributed by atoms with E-state index in [1.165, 1.54) is 0 Å². The number of rotatable bonds is 4. The Hall–Kier alpha value is -0.390. The fraction of sp³-hybridized carbons (Fsp3) is 0.833. The van der Waals surface area contributed by atoms with Gasteiger partial charge in [-0.05, 0) is 26.1 Å². The maximum Gasteiger partial charge on any atom is 0.180 e. The maximum absolute atomic E-state index is 5.15. The summed E-state index contributed by atoms with van der Waals surface area (Å²) < 4.78 is 5.15. The third-order valence-corrected chi connectivity index (χ3v) is 1.32. The van der Waals surface area contributed by atoms with E-state index < -0.39 is 0 Å². The van der Waals surface area contributed by atoms with Crippen LogP contribution in [0.5, 0.6) is 0 Å². The van der Waals surface area contributed by atoms with Crippen LogP contribution in [0.1, 0.15) is 13.8 Å². The maximum atomic E-state index is 5.15. The van der Waals surface area contributed by atoms with E-state index in [2.05, 4.69) is 10.7 Å². The van der Waals surface area contributed by atoms with E-state index in [0.717, 1.165) is 6.61 Å². The van der Waals surface area contributed by atoms with Gasteiger partial charge < -0.3 is 15.5 Å². The summed E-state index contributed by atoms with van der Waals surface area (Å²) in [6, 6.07) is 0.193. The van der Waals surface area contributed by atoms with Crippen LogP contribution in [0.3, 0.4) is 0 Å². The minimum Gasteiger partial charge on any atom is -0.380 e. The van der Waals surface area contributed by atoms with E-state index in [9.17, 15) is 0 Å². The molecule has 1 atom stereocenters. The van der Waals surface area contributed by atoms with Gasteiger partial charge in [0, 0.05) is 12.6 Å². The van der Waals surface area contributed by atoms with Crippen molar-refractivity contribution in [2.24, 2.45) is 5.84 Å². The molecule has 0 rings (SSSR count). The Morgan fingerprint density at radius 3 is 2.82 bits per heavy atom. The van der Waals surface area contributed by atoms with Crippen LogP contribution in [0.25, 0.3) is 0 Å². The van der Waals surface area contributed by atoms with Gasteiger partial charge in [0.05, 0.1) is 6.61 Å². The van der Waals surface area contributed by atoms with Crippen molar-refractivity contribution in [3.8, 4) is 0 Å². The molecule has 4 nitrogen and oxygen atoms in total. The first-order valence-corrected chi connectivity index (χ1v) is 3.96. The largest absolute Gasteiger partial charge is 0.380 e. The first-order valence-electron chi connectivity index (χ1n) is 3.55. The van der Waals surface area contributed by atoms with E-state index in [4.69, 9.17) is 22.8 Å². The molecule has 4 N–H and O–H groups in total. The van der Waals surface area contributed by atoms with Crippen LogP contribution in [0.15, 0.2) is 0 Å². The van der Waals surface area contributed by atoms with Gasteiger partial charge >= 0.3 is 0 Å². The molecule has 11 heavy (non-hydrogen) atoms. The molecule has 0 bridgehead atoms. The van der Waals surface area contributed by atoms with Crippen LogP contribution in [0.2, 0.25) is 0 Å². The zero-order valence-electron chi connectivity index (χ0n) is 6.89. The second-order valence-corrected chi connectivity index (χ2v) is 2.59. The number of thiocarbonyl (C=S) groups is 1. The lowest BCUT2D eigenvalue weighted by molar-refractivity contribution is 0.132. The molecule has 0 saturated heterocycles. The van der Waals surface area contributed by atoms with Gasteiger partial charge in [-0.1, -0.05) is 0 Å². The molecule has 0 aromatic heterocycles. The van der Waals surface area contributed by atoms with E-state index in [1.54, 1.807) is 0 Å². The van der Waals surface area contributed by atoms with Gasteiger partial charge in [-0.3, -0.25) is 0 Å².